The molecular formula is C15H25NO7S2. The van der Waals surface area contributed by atoms with Gasteiger partial charge >= 0.3 is 17.2 Å². The quantitative estimate of drug-likeness (QED) is 0.382. The lowest BCUT2D eigenvalue weighted by Crippen LogP contribution is -2.51. The minimum absolute atomic E-state index is 0.0400. The number of carbonyl (C=O) groups is 4. The first-order valence-corrected chi connectivity index (χ1v) is 8.87. The van der Waals surface area contributed by atoms with E-state index in [-0.39, 0.29) is 5.75 Å². The van der Waals surface area contributed by atoms with Gasteiger partial charge in [0.1, 0.15) is 11.6 Å². The smallest absolute Gasteiger partial charge is 0.371 e. The summed E-state index contributed by atoms with van der Waals surface area (Å²) >= 11 is 4.65. The Morgan fingerprint density at radius 1 is 1.08 bits per heavy atom. The van der Waals surface area contributed by atoms with Gasteiger partial charge < -0.3 is 19.5 Å². The number of carbonyl (C=O) groups excluding carboxylic acids is 4. The zero-order chi connectivity index (χ0) is 19.8. The van der Waals surface area contributed by atoms with Crippen molar-refractivity contribution in [2.75, 3.05) is 12.5 Å². The van der Waals surface area contributed by atoms with Gasteiger partial charge in [-0.3, -0.25) is 9.59 Å². The molecule has 0 heterocycles. The van der Waals surface area contributed by atoms with Crippen molar-refractivity contribution in [2.45, 2.75) is 57.9 Å². The number of ether oxygens (including phenoxy) is 3. The normalized spacial score (nSPS) is 12.8. The van der Waals surface area contributed by atoms with Crippen molar-refractivity contribution < 1.29 is 33.4 Å². The minimum atomic E-state index is -1.23. The van der Waals surface area contributed by atoms with E-state index < -0.39 is 46.3 Å². The van der Waals surface area contributed by atoms with Gasteiger partial charge in [-0.05, 0) is 46.4 Å². The molecule has 1 amide bonds. The van der Waals surface area contributed by atoms with E-state index in [1.165, 1.54) is 20.8 Å². The largest absolute Gasteiger partial charge is 0.458 e. The van der Waals surface area contributed by atoms with Crippen LogP contribution in [-0.2, 0) is 28.6 Å². The first kappa shape index (κ1) is 23.6. The maximum Gasteiger partial charge on any atom is 0.371 e. The Morgan fingerprint density at radius 3 is 2.08 bits per heavy atom. The van der Waals surface area contributed by atoms with Crippen LogP contribution in [0.15, 0.2) is 0 Å². The summed E-state index contributed by atoms with van der Waals surface area (Å²) in [5, 5.41) is 1.71. The average Bonchev–Trinajstić information content (AvgIpc) is 2.41. The molecule has 0 saturated heterocycles. The summed E-state index contributed by atoms with van der Waals surface area (Å²) in [6.07, 6.45) is 0. The molecule has 0 spiro atoms. The summed E-state index contributed by atoms with van der Waals surface area (Å²) in [6.45, 7) is 8.75. The highest BCUT2D eigenvalue weighted by atomic mass is 32.2. The van der Waals surface area contributed by atoms with E-state index in [1.807, 2.05) is 0 Å². The molecule has 0 aliphatic heterocycles. The van der Waals surface area contributed by atoms with Crippen molar-refractivity contribution in [2.24, 2.45) is 0 Å². The van der Waals surface area contributed by atoms with Gasteiger partial charge in [0.2, 0.25) is 12.7 Å². The Labute approximate surface area is 157 Å². The van der Waals surface area contributed by atoms with E-state index in [1.54, 1.807) is 20.8 Å². The fourth-order valence-electron chi connectivity index (χ4n) is 1.33. The number of hydrogen-bond acceptors (Lipinski definition) is 9. The van der Waals surface area contributed by atoms with Gasteiger partial charge in [-0.25, -0.2) is 9.59 Å². The van der Waals surface area contributed by atoms with Gasteiger partial charge in [-0.1, -0.05) is 0 Å². The van der Waals surface area contributed by atoms with Crippen LogP contribution in [-0.4, -0.2) is 52.1 Å². The molecule has 0 rings (SSSR count). The third kappa shape index (κ3) is 10.2. The molecule has 0 unspecified atom stereocenters. The molecule has 25 heavy (non-hydrogen) atoms. The molecule has 8 nitrogen and oxygen atoms in total. The Hall–Kier alpha value is -1.42. The first-order chi connectivity index (χ1) is 11.3. The van der Waals surface area contributed by atoms with Crippen molar-refractivity contribution >= 4 is 47.5 Å². The fraction of sp³-hybridized carbons (Fsp3) is 0.733. The SMILES string of the molecule is CC(=O)OCOC(=O)SC(C)(C)C(=O)N[C@@H](CS)C(=O)OC(C)(C)C. The summed E-state index contributed by atoms with van der Waals surface area (Å²) in [6, 6.07) is -0.952. The second kappa shape index (κ2) is 9.91. The number of esters is 2. The van der Waals surface area contributed by atoms with Crippen LogP contribution in [0.1, 0.15) is 41.5 Å². The van der Waals surface area contributed by atoms with E-state index in [0.29, 0.717) is 11.8 Å². The molecule has 0 saturated carbocycles. The third-order valence-corrected chi connectivity index (χ3v) is 3.85. The van der Waals surface area contributed by atoms with Crippen LogP contribution < -0.4 is 5.32 Å². The fourth-order valence-corrected chi connectivity index (χ4v) is 2.24. The standard InChI is InChI=1S/C15H25NO7S2/c1-9(17)21-8-22-13(20)25-15(5,6)12(19)16-10(7-24)11(18)23-14(2,3)4/h10,24H,7-8H2,1-6H3,(H,16,19)/t10-/m0/s1. The number of rotatable bonds is 7. The lowest BCUT2D eigenvalue weighted by Gasteiger charge is -2.27. The van der Waals surface area contributed by atoms with Crippen molar-refractivity contribution in [3.8, 4) is 0 Å². The number of hydrogen-bond donors (Lipinski definition) is 2. The van der Waals surface area contributed by atoms with Crippen molar-refractivity contribution in [1.29, 1.82) is 0 Å². The molecule has 0 bridgehead atoms. The second-order valence-electron chi connectivity index (χ2n) is 6.50. The zero-order valence-corrected chi connectivity index (χ0v) is 16.9. The highest BCUT2D eigenvalue weighted by Gasteiger charge is 2.36. The van der Waals surface area contributed by atoms with Gasteiger partial charge in [0.25, 0.3) is 0 Å². The predicted molar refractivity (Wildman–Crippen MR) is 96.4 cm³/mol. The van der Waals surface area contributed by atoms with Gasteiger partial charge in [-0.15, -0.1) is 0 Å². The molecule has 0 aromatic heterocycles. The van der Waals surface area contributed by atoms with Gasteiger partial charge in [0, 0.05) is 12.7 Å². The number of thiol groups is 1. The van der Waals surface area contributed by atoms with Crippen LogP contribution >= 0.6 is 24.4 Å². The first-order valence-electron chi connectivity index (χ1n) is 7.42. The molecule has 0 aliphatic carbocycles. The van der Waals surface area contributed by atoms with Crippen molar-refractivity contribution in [3.63, 3.8) is 0 Å². The molecule has 0 radical (unpaired) electrons. The molecule has 0 aromatic rings. The molecule has 144 valence electrons. The molecule has 1 N–H and O–H groups in total. The average molecular weight is 395 g/mol. The highest BCUT2D eigenvalue weighted by molar-refractivity contribution is 8.15. The zero-order valence-electron chi connectivity index (χ0n) is 15.2. The second-order valence-corrected chi connectivity index (χ2v) is 8.43. The van der Waals surface area contributed by atoms with E-state index >= 15 is 0 Å². The molecule has 0 aliphatic rings. The van der Waals surface area contributed by atoms with Crippen molar-refractivity contribution in [3.05, 3.63) is 0 Å². The van der Waals surface area contributed by atoms with Crippen LogP contribution in [0.3, 0.4) is 0 Å². The highest BCUT2D eigenvalue weighted by Crippen LogP contribution is 2.27. The molecule has 10 heteroatoms. The number of amides is 1. The Morgan fingerprint density at radius 2 is 1.64 bits per heavy atom. The van der Waals surface area contributed by atoms with Crippen molar-refractivity contribution in [1.82, 2.24) is 5.32 Å². The topological polar surface area (TPSA) is 108 Å². The maximum absolute atomic E-state index is 12.4. The monoisotopic (exact) mass is 395 g/mol. The van der Waals surface area contributed by atoms with Gasteiger partial charge in [0.15, 0.2) is 0 Å². The molecule has 1 atom stereocenters. The van der Waals surface area contributed by atoms with Crippen LogP contribution in [0, 0.1) is 0 Å². The third-order valence-electron chi connectivity index (χ3n) is 2.50. The van der Waals surface area contributed by atoms with Crippen LogP contribution in [0.4, 0.5) is 4.79 Å². The van der Waals surface area contributed by atoms with E-state index in [4.69, 9.17) is 4.74 Å². The minimum Gasteiger partial charge on any atom is -0.458 e. The predicted octanol–water partition coefficient (Wildman–Crippen LogP) is 1.91. The molecule has 0 aromatic carbocycles. The molecular weight excluding hydrogens is 370 g/mol. The van der Waals surface area contributed by atoms with E-state index in [2.05, 4.69) is 27.4 Å². The lowest BCUT2D eigenvalue weighted by molar-refractivity contribution is -0.158. The van der Waals surface area contributed by atoms with Crippen LogP contribution in [0.5, 0.6) is 0 Å². The van der Waals surface area contributed by atoms with Crippen LogP contribution in [0.25, 0.3) is 0 Å². The maximum atomic E-state index is 12.4. The Kier molecular flexibility index (Phi) is 9.34. The summed E-state index contributed by atoms with van der Waals surface area (Å²) in [5.41, 5.74) is -0.701. The van der Waals surface area contributed by atoms with Gasteiger partial charge in [0.05, 0.1) is 4.75 Å². The van der Waals surface area contributed by atoms with Gasteiger partial charge in [-0.2, -0.15) is 12.6 Å². The number of nitrogens with one attached hydrogen (secondary N) is 1. The number of thioether (sulfide) groups is 1. The summed E-state index contributed by atoms with van der Waals surface area (Å²) < 4.78 is 13.1. The molecule has 0 fully saturated rings. The Bertz CT molecular complexity index is 514. The lowest BCUT2D eigenvalue weighted by atomic mass is 10.1. The Balaban J connectivity index is 4.69. The van der Waals surface area contributed by atoms with E-state index in [9.17, 15) is 19.2 Å². The van der Waals surface area contributed by atoms with E-state index in [0.717, 1.165) is 0 Å². The summed E-state index contributed by atoms with van der Waals surface area (Å²) in [7, 11) is 0. The summed E-state index contributed by atoms with van der Waals surface area (Å²) in [4.78, 5) is 46.7. The summed E-state index contributed by atoms with van der Waals surface area (Å²) in [5.74, 6) is -1.73. The van der Waals surface area contributed by atoms with Crippen LogP contribution in [0.2, 0.25) is 0 Å².